The molecule has 0 saturated carbocycles. The first-order valence-corrected chi connectivity index (χ1v) is 7.56. The predicted molar refractivity (Wildman–Crippen MR) is 76.9 cm³/mol. The summed E-state index contributed by atoms with van der Waals surface area (Å²) >= 11 is 1.68. The highest BCUT2D eigenvalue weighted by Gasteiger charge is 2.59. The smallest absolute Gasteiger partial charge is 0.330 e. The highest BCUT2D eigenvalue weighted by Crippen LogP contribution is 2.50. The van der Waals surface area contributed by atoms with Crippen LogP contribution < -0.4 is 0 Å². The minimum absolute atomic E-state index is 0.0507. The first kappa shape index (κ1) is 13.5. The van der Waals surface area contributed by atoms with Gasteiger partial charge in [-0.1, -0.05) is 30.3 Å². The highest BCUT2D eigenvalue weighted by atomic mass is 32.2. The lowest BCUT2D eigenvalue weighted by molar-refractivity contribution is -0.162. The van der Waals surface area contributed by atoms with Gasteiger partial charge < -0.3 is 9.64 Å². The van der Waals surface area contributed by atoms with E-state index in [1.807, 2.05) is 44.2 Å². The van der Waals surface area contributed by atoms with Crippen molar-refractivity contribution in [1.82, 2.24) is 4.90 Å². The van der Waals surface area contributed by atoms with Gasteiger partial charge in [-0.2, -0.15) is 0 Å². The molecule has 1 aromatic carbocycles. The summed E-state index contributed by atoms with van der Waals surface area (Å²) in [6.07, 6.45) is 0.538. The predicted octanol–water partition coefficient (Wildman–Crippen LogP) is 2.18. The minimum Gasteiger partial charge on any atom is -0.459 e. The van der Waals surface area contributed by atoms with Gasteiger partial charge in [0.1, 0.15) is 12.6 Å². The van der Waals surface area contributed by atoms with Crippen LogP contribution in [0.1, 0.15) is 25.8 Å². The van der Waals surface area contributed by atoms with Crippen molar-refractivity contribution in [1.29, 1.82) is 0 Å². The summed E-state index contributed by atoms with van der Waals surface area (Å²) in [5.74, 6) is -0.253. The Morgan fingerprint density at radius 2 is 2.10 bits per heavy atom. The molecule has 20 heavy (non-hydrogen) atoms. The number of fused-ring (bicyclic) bond motifs is 1. The summed E-state index contributed by atoms with van der Waals surface area (Å²) in [6, 6.07) is 9.10. The van der Waals surface area contributed by atoms with E-state index in [0.29, 0.717) is 6.42 Å². The molecule has 3 rings (SSSR count). The number of ether oxygens (including phenoxy) is 1. The fraction of sp³-hybridized carbons (Fsp3) is 0.467. The SMILES string of the molecule is CC1(C)SC2CC(=O)N2[C@H]1C(=O)OCc1ccccc1. The first-order valence-electron chi connectivity index (χ1n) is 6.68. The summed E-state index contributed by atoms with van der Waals surface area (Å²) < 4.78 is 5.12. The van der Waals surface area contributed by atoms with Crippen LogP contribution in [-0.4, -0.2) is 32.9 Å². The number of hydrogen-bond donors (Lipinski definition) is 0. The number of benzene rings is 1. The second-order valence-electron chi connectivity index (χ2n) is 5.68. The second-order valence-corrected chi connectivity index (χ2v) is 7.51. The van der Waals surface area contributed by atoms with Crippen LogP contribution in [0.15, 0.2) is 30.3 Å². The maximum atomic E-state index is 12.3. The van der Waals surface area contributed by atoms with E-state index in [1.54, 1.807) is 16.7 Å². The van der Waals surface area contributed by atoms with E-state index in [9.17, 15) is 9.59 Å². The van der Waals surface area contributed by atoms with Gasteiger partial charge in [-0.15, -0.1) is 11.8 Å². The Balaban J connectivity index is 1.68. The number of rotatable bonds is 3. The summed E-state index contributed by atoms with van der Waals surface area (Å²) in [7, 11) is 0. The van der Waals surface area contributed by atoms with E-state index >= 15 is 0 Å². The van der Waals surface area contributed by atoms with E-state index in [2.05, 4.69) is 0 Å². The normalized spacial score (nSPS) is 26.9. The molecule has 1 amide bonds. The van der Waals surface area contributed by atoms with Crippen molar-refractivity contribution >= 4 is 23.6 Å². The van der Waals surface area contributed by atoms with Crippen LogP contribution in [0.3, 0.4) is 0 Å². The Hall–Kier alpha value is -1.49. The van der Waals surface area contributed by atoms with Crippen molar-refractivity contribution in [3.05, 3.63) is 35.9 Å². The Morgan fingerprint density at radius 1 is 1.40 bits per heavy atom. The van der Waals surface area contributed by atoms with Crippen molar-refractivity contribution in [2.24, 2.45) is 0 Å². The lowest BCUT2D eigenvalue weighted by atomic mass is 9.98. The third kappa shape index (κ3) is 2.20. The van der Waals surface area contributed by atoms with Crippen molar-refractivity contribution in [3.8, 4) is 0 Å². The number of carbonyl (C=O) groups excluding carboxylic acids is 2. The number of nitrogens with zero attached hydrogens (tertiary/aromatic N) is 1. The highest BCUT2D eigenvalue weighted by molar-refractivity contribution is 8.01. The molecular weight excluding hydrogens is 274 g/mol. The second kappa shape index (κ2) is 4.81. The summed E-state index contributed by atoms with van der Waals surface area (Å²) in [4.78, 5) is 25.7. The molecule has 4 nitrogen and oxygen atoms in total. The number of esters is 1. The molecular formula is C15H17NO3S. The zero-order valence-electron chi connectivity index (χ0n) is 11.5. The van der Waals surface area contributed by atoms with Gasteiger partial charge in [-0.25, -0.2) is 4.79 Å². The minimum atomic E-state index is -0.470. The maximum Gasteiger partial charge on any atom is 0.330 e. The van der Waals surface area contributed by atoms with E-state index in [-0.39, 0.29) is 28.6 Å². The molecule has 1 unspecified atom stereocenters. The van der Waals surface area contributed by atoms with Crippen LogP contribution >= 0.6 is 11.8 Å². The summed E-state index contributed by atoms with van der Waals surface area (Å²) in [5.41, 5.74) is 0.954. The van der Waals surface area contributed by atoms with Crippen molar-refractivity contribution in [2.75, 3.05) is 0 Å². The number of β-lactam (4-membered cyclic amide) rings is 1. The van der Waals surface area contributed by atoms with Gasteiger partial charge in [-0.3, -0.25) is 4.79 Å². The van der Waals surface area contributed by atoms with E-state index in [1.165, 1.54) is 0 Å². The Bertz CT molecular complexity index is 543. The Labute approximate surface area is 122 Å². The number of thioether (sulfide) groups is 1. The summed E-state index contributed by atoms with van der Waals surface area (Å²) in [6.45, 7) is 4.25. The van der Waals surface area contributed by atoms with Gasteiger partial charge in [0, 0.05) is 4.75 Å². The molecule has 5 heteroatoms. The first-order chi connectivity index (χ1) is 9.49. The van der Waals surface area contributed by atoms with Gasteiger partial charge in [0.25, 0.3) is 0 Å². The van der Waals surface area contributed by atoms with Crippen molar-refractivity contribution in [3.63, 3.8) is 0 Å². The van der Waals surface area contributed by atoms with Crippen LogP contribution in [0.25, 0.3) is 0 Å². The molecule has 1 aromatic rings. The number of carbonyl (C=O) groups is 2. The quantitative estimate of drug-likeness (QED) is 0.632. The van der Waals surface area contributed by atoms with Crippen LogP contribution in [0.4, 0.5) is 0 Å². The fourth-order valence-corrected chi connectivity index (χ4v) is 4.38. The molecule has 2 heterocycles. The van der Waals surface area contributed by atoms with Gasteiger partial charge in [0.2, 0.25) is 5.91 Å². The van der Waals surface area contributed by atoms with Gasteiger partial charge in [0.15, 0.2) is 0 Å². The zero-order chi connectivity index (χ0) is 14.3. The summed E-state index contributed by atoms with van der Waals surface area (Å²) in [5, 5.41) is 0.145. The molecule has 0 radical (unpaired) electrons. The van der Waals surface area contributed by atoms with E-state index in [4.69, 9.17) is 4.74 Å². The molecule has 2 atom stereocenters. The zero-order valence-corrected chi connectivity index (χ0v) is 12.4. The van der Waals surface area contributed by atoms with Crippen LogP contribution in [0, 0.1) is 0 Å². The Morgan fingerprint density at radius 3 is 2.75 bits per heavy atom. The van der Waals surface area contributed by atoms with Crippen LogP contribution in [0.5, 0.6) is 0 Å². The molecule has 0 spiro atoms. The van der Waals surface area contributed by atoms with Gasteiger partial charge in [-0.05, 0) is 19.4 Å². The average molecular weight is 291 g/mol. The molecule has 2 fully saturated rings. The third-order valence-electron chi connectivity index (χ3n) is 3.77. The van der Waals surface area contributed by atoms with Crippen molar-refractivity contribution in [2.45, 2.75) is 43.0 Å². The molecule has 106 valence electrons. The van der Waals surface area contributed by atoms with Gasteiger partial charge >= 0.3 is 5.97 Å². The fourth-order valence-electron chi connectivity index (χ4n) is 2.77. The standard InChI is InChI=1S/C15H17NO3S/c1-15(2)13(16-11(17)8-12(16)20-15)14(18)19-9-10-6-4-3-5-7-10/h3-7,12-13H,8-9H2,1-2H3/t12?,13-/m0/s1. The van der Waals surface area contributed by atoms with E-state index < -0.39 is 6.04 Å². The molecule has 0 N–H and O–H groups in total. The molecule has 0 aliphatic carbocycles. The largest absolute Gasteiger partial charge is 0.459 e. The maximum absolute atomic E-state index is 12.3. The molecule has 2 aliphatic rings. The van der Waals surface area contributed by atoms with Crippen LogP contribution in [0.2, 0.25) is 0 Å². The Kier molecular flexibility index (Phi) is 3.24. The molecule has 0 aromatic heterocycles. The van der Waals surface area contributed by atoms with Crippen molar-refractivity contribution < 1.29 is 14.3 Å². The van der Waals surface area contributed by atoms with E-state index in [0.717, 1.165) is 5.56 Å². The lowest BCUT2D eigenvalue weighted by Gasteiger charge is -2.37. The monoisotopic (exact) mass is 291 g/mol. The van der Waals surface area contributed by atoms with Crippen LogP contribution in [-0.2, 0) is 20.9 Å². The topological polar surface area (TPSA) is 46.6 Å². The average Bonchev–Trinajstić information content (AvgIpc) is 2.64. The lowest BCUT2D eigenvalue weighted by Crippen LogP contribution is -2.57. The molecule has 2 aliphatic heterocycles. The number of amides is 1. The number of hydrogen-bond acceptors (Lipinski definition) is 4. The third-order valence-corrected chi connectivity index (χ3v) is 5.27. The molecule has 2 saturated heterocycles. The molecule has 0 bridgehead atoms. The van der Waals surface area contributed by atoms with Gasteiger partial charge in [0.05, 0.1) is 11.8 Å².